The molecule has 0 bridgehead atoms. The molecular formula is C24H20F6O4. The lowest BCUT2D eigenvalue weighted by molar-refractivity contribution is -0.376. The summed E-state index contributed by atoms with van der Waals surface area (Å²) < 4.78 is 89.3. The molecule has 0 atom stereocenters. The monoisotopic (exact) mass is 486 g/mol. The maximum absolute atomic E-state index is 14.0. The van der Waals surface area contributed by atoms with Crippen molar-refractivity contribution < 1.29 is 46.4 Å². The van der Waals surface area contributed by atoms with Crippen LogP contribution in [-0.4, -0.2) is 27.7 Å². The van der Waals surface area contributed by atoms with Crippen molar-refractivity contribution in [3.63, 3.8) is 0 Å². The summed E-state index contributed by atoms with van der Waals surface area (Å²) in [5.41, 5.74) is -6.91. The van der Waals surface area contributed by atoms with Crippen LogP contribution in [0.25, 0.3) is 11.1 Å². The molecule has 0 unspecified atom stereocenters. The van der Waals surface area contributed by atoms with Crippen molar-refractivity contribution in [1.29, 1.82) is 0 Å². The number of aryl methyl sites for hydroxylation is 1. The van der Waals surface area contributed by atoms with Gasteiger partial charge in [-0.2, -0.15) is 26.3 Å². The van der Waals surface area contributed by atoms with Gasteiger partial charge in [0.2, 0.25) is 0 Å². The van der Waals surface area contributed by atoms with Crippen molar-refractivity contribution in [1.82, 2.24) is 0 Å². The molecule has 182 valence electrons. The van der Waals surface area contributed by atoms with Gasteiger partial charge >= 0.3 is 12.4 Å². The van der Waals surface area contributed by atoms with Gasteiger partial charge in [0.05, 0.1) is 18.8 Å². The van der Waals surface area contributed by atoms with Crippen LogP contribution in [0.15, 0.2) is 60.7 Å². The van der Waals surface area contributed by atoms with E-state index < -0.39 is 48.0 Å². The Bertz CT molecular complexity index is 1140. The van der Waals surface area contributed by atoms with E-state index in [0.29, 0.717) is 5.56 Å². The van der Waals surface area contributed by atoms with Crippen LogP contribution in [-0.2, 0) is 18.8 Å². The van der Waals surface area contributed by atoms with Gasteiger partial charge in [-0.1, -0.05) is 48.5 Å². The molecule has 3 N–H and O–H groups in total. The quantitative estimate of drug-likeness (QED) is 0.388. The predicted molar refractivity (Wildman–Crippen MR) is 111 cm³/mol. The average molecular weight is 486 g/mol. The molecule has 4 nitrogen and oxygen atoms in total. The molecule has 3 aromatic rings. The topological polar surface area (TPSA) is 69.9 Å². The first-order valence-corrected chi connectivity index (χ1v) is 9.91. The van der Waals surface area contributed by atoms with Gasteiger partial charge in [0.15, 0.2) is 0 Å². The zero-order chi connectivity index (χ0) is 25.3. The lowest BCUT2D eigenvalue weighted by Gasteiger charge is -2.35. The predicted octanol–water partition coefficient (Wildman–Crippen LogP) is 5.75. The van der Waals surface area contributed by atoms with E-state index in [4.69, 9.17) is 4.74 Å². The molecule has 3 aromatic carbocycles. The number of halogens is 6. The molecule has 0 amide bonds. The van der Waals surface area contributed by atoms with E-state index in [9.17, 15) is 41.7 Å². The van der Waals surface area contributed by atoms with Crippen LogP contribution in [0.5, 0.6) is 11.5 Å². The number of benzene rings is 3. The molecule has 3 rings (SSSR count). The highest BCUT2D eigenvalue weighted by molar-refractivity contribution is 5.73. The van der Waals surface area contributed by atoms with Crippen molar-refractivity contribution in [3.05, 3.63) is 82.9 Å². The lowest BCUT2D eigenvalue weighted by atomic mass is 9.83. The van der Waals surface area contributed by atoms with E-state index in [1.165, 1.54) is 61.5 Å². The Hall–Kier alpha value is -3.08. The molecule has 10 heteroatoms. The van der Waals surface area contributed by atoms with Gasteiger partial charge in [-0.3, -0.25) is 0 Å². The number of hydrogen-bond donors (Lipinski definition) is 3. The van der Waals surface area contributed by atoms with Crippen LogP contribution in [0, 0.1) is 6.92 Å². The van der Waals surface area contributed by atoms with Crippen LogP contribution in [0.1, 0.15) is 22.3 Å². The molecule has 0 heterocycles. The van der Waals surface area contributed by atoms with E-state index in [1.807, 2.05) is 0 Å². The zero-order valence-electron chi connectivity index (χ0n) is 17.7. The number of aliphatic hydroxyl groups is 3. The van der Waals surface area contributed by atoms with Gasteiger partial charge in [-0.05, 0) is 46.9 Å². The number of rotatable bonds is 6. The van der Waals surface area contributed by atoms with Gasteiger partial charge in [0.25, 0.3) is 5.60 Å². The Morgan fingerprint density at radius 3 is 1.88 bits per heavy atom. The Labute approximate surface area is 190 Å². The Balaban J connectivity index is 2.37. The highest BCUT2D eigenvalue weighted by atomic mass is 19.4. The second-order valence-corrected chi connectivity index (χ2v) is 7.55. The Morgan fingerprint density at radius 2 is 1.35 bits per heavy atom. The van der Waals surface area contributed by atoms with Crippen molar-refractivity contribution >= 4 is 0 Å². The Kier molecular flexibility index (Phi) is 6.97. The van der Waals surface area contributed by atoms with Gasteiger partial charge in [-0.25, -0.2) is 0 Å². The van der Waals surface area contributed by atoms with Crippen molar-refractivity contribution in [2.24, 2.45) is 0 Å². The minimum Gasteiger partial charge on any atom is -0.457 e. The fourth-order valence-corrected chi connectivity index (χ4v) is 3.57. The van der Waals surface area contributed by atoms with Crippen molar-refractivity contribution in [2.45, 2.75) is 38.1 Å². The number of alkyl halides is 6. The molecule has 0 fully saturated rings. The zero-order valence-corrected chi connectivity index (χ0v) is 17.7. The third-order valence-electron chi connectivity index (χ3n) is 5.36. The smallest absolute Gasteiger partial charge is 0.430 e. The molecule has 0 aliphatic rings. The summed E-state index contributed by atoms with van der Waals surface area (Å²) in [6, 6.07) is 13.1. The minimum atomic E-state index is -6.14. The van der Waals surface area contributed by atoms with E-state index in [0.717, 1.165) is 6.07 Å². The molecular weight excluding hydrogens is 466 g/mol. The number of ether oxygens (including phenoxy) is 1. The summed E-state index contributed by atoms with van der Waals surface area (Å²) in [5, 5.41) is 29.2. The summed E-state index contributed by atoms with van der Waals surface area (Å²) in [5.74, 6) is -1.03. The summed E-state index contributed by atoms with van der Waals surface area (Å²) in [6.07, 6.45) is -12.3. The summed E-state index contributed by atoms with van der Waals surface area (Å²) >= 11 is 0. The largest absolute Gasteiger partial charge is 0.457 e. The molecule has 34 heavy (non-hydrogen) atoms. The maximum Gasteiger partial charge on any atom is 0.430 e. The van der Waals surface area contributed by atoms with Crippen molar-refractivity contribution in [2.75, 3.05) is 0 Å². The minimum absolute atomic E-state index is 0.000880. The molecule has 0 radical (unpaired) electrons. The van der Waals surface area contributed by atoms with Gasteiger partial charge in [0, 0.05) is 0 Å². The van der Waals surface area contributed by atoms with E-state index in [-0.39, 0.29) is 22.4 Å². The van der Waals surface area contributed by atoms with Crippen LogP contribution in [0.3, 0.4) is 0 Å². The average Bonchev–Trinajstić information content (AvgIpc) is 2.78. The van der Waals surface area contributed by atoms with Crippen LogP contribution >= 0.6 is 0 Å². The summed E-state index contributed by atoms with van der Waals surface area (Å²) in [7, 11) is 0. The Morgan fingerprint density at radius 1 is 0.765 bits per heavy atom. The molecule has 0 aromatic heterocycles. The van der Waals surface area contributed by atoms with Gasteiger partial charge in [0.1, 0.15) is 11.5 Å². The molecule has 0 saturated heterocycles. The van der Waals surface area contributed by atoms with E-state index >= 15 is 0 Å². The highest BCUT2D eigenvalue weighted by Gasteiger charge is 2.73. The molecule has 0 saturated carbocycles. The third-order valence-corrected chi connectivity index (χ3v) is 5.36. The van der Waals surface area contributed by atoms with E-state index in [1.54, 1.807) is 0 Å². The first-order chi connectivity index (χ1) is 15.8. The first-order valence-electron chi connectivity index (χ1n) is 9.91. The standard InChI is InChI=1S/C24H20F6O4/c1-14-7-10-19(15-5-3-2-4-6-15)20(22(33,23(25,26)27)24(28,29)30)21(14)34-18-9-8-16(12-31)17(11-18)13-32/h2-11,31-33H,12-13H2,1H3. The fraction of sp³-hybridized carbons (Fsp3) is 0.250. The molecule has 0 aliphatic carbocycles. The van der Waals surface area contributed by atoms with E-state index in [2.05, 4.69) is 0 Å². The van der Waals surface area contributed by atoms with Crippen molar-refractivity contribution in [3.8, 4) is 22.6 Å². The maximum atomic E-state index is 14.0. The fourth-order valence-electron chi connectivity index (χ4n) is 3.57. The summed E-state index contributed by atoms with van der Waals surface area (Å²) in [4.78, 5) is 0. The number of hydrogen-bond acceptors (Lipinski definition) is 4. The van der Waals surface area contributed by atoms with Crippen LogP contribution < -0.4 is 4.74 Å². The highest BCUT2D eigenvalue weighted by Crippen LogP contribution is 2.56. The van der Waals surface area contributed by atoms with Gasteiger partial charge < -0.3 is 20.1 Å². The van der Waals surface area contributed by atoms with Crippen LogP contribution in [0.2, 0.25) is 0 Å². The molecule has 0 spiro atoms. The third kappa shape index (κ3) is 4.48. The van der Waals surface area contributed by atoms with Gasteiger partial charge in [-0.15, -0.1) is 0 Å². The number of aliphatic hydroxyl groups excluding tert-OH is 2. The van der Waals surface area contributed by atoms with Crippen LogP contribution in [0.4, 0.5) is 26.3 Å². The summed E-state index contributed by atoms with van der Waals surface area (Å²) in [6.45, 7) is 0.236. The molecule has 0 aliphatic heterocycles. The second kappa shape index (κ2) is 9.28. The second-order valence-electron chi connectivity index (χ2n) is 7.55. The normalized spacial score (nSPS) is 12.6. The first kappa shape index (κ1) is 25.5. The lowest BCUT2D eigenvalue weighted by Crippen LogP contribution is -2.54. The SMILES string of the molecule is Cc1ccc(-c2ccccc2)c(C(O)(C(F)(F)F)C(F)(F)F)c1Oc1ccc(CO)c(CO)c1.